The SMILES string of the molecule is Cn1nccc1-c1cc(Cl)ccc1-c1nccc2cc(S(=O)(=O)Nc3ccon3)ccc12. The van der Waals surface area contributed by atoms with Gasteiger partial charge in [-0.05, 0) is 41.8 Å². The van der Waals surface area contributed by atoms with E-state index in [1.807, 2.05) is 25.2 Å². The highest BCUT2D eigenvalue weighted by atomic mass is 35.5. The second-order valence-electron chi connectivity index (χ2n) is 7.06. The lowest BCUT2D eigenvalue weighted by Crippen LogP contribution is -2.13. The lowest BCUT2D eigenvalue weighted by molar-refractivity contribution is 0.423. The summed E-state index contributed by atoms with van der Waals surface area (Å²) in [5, 5.41) is 9.98. The standard InChI is InChI=1S/C22H16ClN5O3S/c1-28-20(7-10-25-28)19-13-15(23)2-4-18(19)22-17-5-3-16(12-14(17)6-9-24-22)32(29,30)27-21-8-11-31-26-21/h2-13H,1H3,(H,26,27). The molecule has 3 aromatic heterocycles. The maximum Gasteiger partial charge on any atom is 0.263 e. The first-order valence-electron chi connectivity index (χ1n) is 9.53. The Kier molecular flexibility index (Phi) is 4.91. The normalized spacial score (nSPS) is 11.7. The summed E-state index contributed by atoms with van der Waals surface area (Å²) in [4.78, 5) is 4.70. The van der Waals surface area contributed by atoms with Crippen LogP contribution in [0.5, 0.6) is 0 Å². The van der Waals surface area contributed by atoms with Crippen LogP contribution in [0.3, 0.4) is 0 Å². The molecule has 0 unspecified atom stereocenters. The van der Waals surface area contributed by atoms with Crippen molar-refractivity contribution in [3.05, 3.63) is 78.3 Å². The van der Waals surface area contributed by atoms with Crippen molar-refractivity contribution in [2.24, 2.45) is 7.05 Å². The summed E-state index contributed by atoms with van der Waals surface area (Å²) in [6, 6.07) is 15.6. The maximum absolute atomic E-state index is 12.7. The van der Waals surface area contributed by atoms with Gasteiger partial charge in [0, 0.05) is 47.0 Å². The summed E-state index contributed by atoms with van der Waals surface area (Å²) in [6.45, 7) is 0. The fourth-order valence-corrected chi connectivity index (χ4v) is 4.77. The number of pyridine rings is 1. The number of halogens is 1. The zero-order chi connectivity index (χ0) is 22.3. The van der Waals surface area contributed by atoms with Gasteiger partial charge in [-0.1, -0.05) is 28.9 Å². The van der Waals surface area contributed by atoms with E-state index in [0.717, 1.165) is 27.6 Å². The van der Waals surface area contributed by atoms with E-state index in [4.69, 9.17) is 11.6 Å². The molecular formula is C22H16ClN5O3S. The molecule has 5 rings (SSSR count). The van der Waals surface area contributed by atoms with Crippen LogP contribution in [-0.2, 0) is 17.1 Å². The highest BCUT2D eigenvalue weighted by Gasteiger charge is 2.19. The largest absolute Gasteiger partial charge is 0.363 e. The van der Waals surface area contributed by atoms with Crippen LogP contribution in [-0.4, -0.2) is 28.3 Å². The van der Waals surface area contributed by atoms with Crippen LogP contribution >= 0.6 is 11.6 Å². The van der Waals surface area contributed by atoms with Crippen LogP contribution in [0.25, 0.3) is 33.3 Å². The van der Waals surface area contributed by atoms with Gasteiger partial charge in [-0.3, -0.25) is 14.4 Å². The fraction of sp³-hybridized carbons (Fsp3) is 0.0455. The van der Waals surface area contributed by atoms with Gasteiger partial charge in [-0.15, -0.1) is 0 Å². The minimum Gasteiger partial charge on any atom is -0.363 e. The quantitative estimate of drug-likeness (QED) is 0.402. The third-order valence-electron chi connectivity index (χ3n) is 5.06. The molecule has 2 aromatic carbocycles. The molecule has 0 radical (unpaired) electrons. The summed E-state index contributed by atoms with van der Waals surface area (Å²) in [6.07, 6.45) is 4.67. The second-order valence-corrected chi connectivity index (χ2v) is 9.18. The van der Waals surface area contributed by atoms with Gasteiger partial charge in [0.1, 0.15) is 6.26 Å². The lowest BCUT2D eigenvalue weighted by Gasteiger charge is -2.13. The zero-order valence-electron chi connectivity index (χ0n) is 16.7. The van der Waals surface area contributed by atoms with E-state index in [1.54, 1.807) is 41.3 Å². The summed E-state index contributed by atoms with van der Waals surface area (Å²) >= 11 is 6.29. The average Bonchev–Trinajstić information content (AvgIpc) is 3.44. The summed E-state index contributed by atoms with van der Waals surface area (Å²) < 4.78 is 34.3. The smallest absolute Gasteiger partial charge is 0.263 e. The highest BCUT2D eigenvalue weighted by molar-refractivity contribution is 7.92. The second kappa shape index (κ2) is 7.77. The van der Waals surface area contributed by atoms with E-state index in [9.17, 15) is 8.42 Å². The number of fused-ring (bicyclic) bond motifs is 1. The van der Waals surface area contributed by atoms with E-state index < -0.39 is 10.0 Å². The minimum atomic E-state index is -3.83. The number of anilines is 1. The zero-order valence-corrected chi connectivity index (χ0v) is 18.3. The summed E-state index contributed by atoms with van der Waals surface area (Å²) in [5.41, 5.74) is 3.34. The molecule has 0 saturated heterocycles. The van der Waals surface area contributed by atoms with Gasteiger partial charge in [0.05, 0.1) is 16.3 Å². The molecule has 0 aliphatic heterocycles. The Hall–Kier alpha value is -3.69. The van der Waals surface area contributed by atoms with E-state index in [1.165, 1.54) is 18.4 Å². The highest BCUT2D eigenvalue weighted by Crippen LogP contribution is 2.36. The van der Waals surface area contributed by atoms with Gasteiger partial charge in [0.15, 0.2) is 5.82 Å². The molecule has 160 valence electrons. The molecule has 10 heteroatoms. The Morgan fingerprint density at radius 2 is 1.88 bits per heavy atom. The van der Waals surface area contributed by atoms with Crippen LogP contribution in [0, 0.1) is 0 Å². The molecule has 8 nitrogen and oxygen atoms in total. The van der Waals surface area contributed by atoms with Crippen molar-refractivity contribution < 1.29 is 12.9 Å². The molecule has 0 fully saturated rings. The number of rotatable bonds is 5. The molecule has 0 saturated carbocycles. The van der Waals surface area contributed by atoms with Crippen LogP contribution in [0.15, 0.2) is 82.7 Å². The number of hydrogen-bond donors (Lipinski definition) is 1. The van der Waals surface area contributed by atoms with Gasteiger partial charge < -0.3 is 4.52 Å². The molecule has 0 aliphatic carbocycles. The number of hydrogen-bond acceptors (Lipinski definition) is 6. The Morgan fingerprint density at radius 3 is 2.62 bits per heavy atom. The van der Waals surface area contributed by atoms with E-state index in [2.05, 4.69) is 24.5 Å². The predicted molar refractivity (Wildman–Crippen MR) is 122 cm³/mol. The number of benzene rings is 2. The molecule has 0 atom stereocenters. The Morgan fingerprint density at radius 1 is 1.00 bits per heavy atom. The average molecular weight is 466 g/mol. The van der Waals surface area contributed by atoms with Crippen molar-refractivity contribution in [3.8, 4) is 22.5 Å². The van der Waals surface area contributed by atoms with Gasteiger partial charge in [0.2, 0.25) is 0 Å². The fourth-order valence-electron chi connectivity index (χ4n) is 3.57. The van der Waals surface area contributed by atoms with E-state index >= 15 is 0 Å². The lowest BCUT2D eigenvalue weighted by atomic mass is 9.97. The first-order valence-corrected chi connectivity index (χ1v) is 11.4. The Balaban J connectivity index is 1.64. The third-order valence-corrected chi connectivity index (χ3v) is 6.64. The Labute approximate surface area is 188 Å². The van der Waals surface area contributed by atoms with Crippen LogP contribution < -0.4 is 4.72 Å². The van der Waals surface area contributed by atoms with Gasteiger partial charge in [-0.25, -0.2) is 8.42 Å². The van der Waals surface area contributed by atoms with Crippen molar-refractivity contribution in [1.82, 2.24) is 19.9 Å². The summed E-state index contributed by atoms with van der Waals surface area (Å²) in [5.74, 6) is 0.113. The van der Waals surface area contributed by atoms with Crippen molar-refractivity contribution in [2.45, 2.75) is 4.90 Å². The molecule has 0 aliphatic rings. The molecule has 5 aromatic rings. The van der Waals surface area contributed by atoms with Crippen molar-refractivity contribution in [1.29, 1.82) is 0 Å². The summed E-state index contributed by atoms with van der Waals surface area (Å²) in [7, 11) is -1.97. The molecule has 1 N–H and O–H groups in total. The van der Waals surface area contributed by atoms with Gasteiger partial charge in [-0.2, -0.15) is 5.10 Å². The number of nitrogens with zero attached hydrogens (tertiary/aromatic N) is 4. The third kappa shape index (κ3) is 3.61. The van der Waals surface area contributed by atoms with Crippen LogP contribution in [0.2, 0.25) is 5.02 Å². The van der Waals surface area contributed by atoms with E-state index in [0.29, 0.717) is 10.7 Å². The van der Waals surface area contributed by atoms with Crippen molar-refractivity contribution in [2.75, 3.05) is 4.72 Å². The minimum absolute atomic E-state index is 0.105. The number of aromatic nitrogens is 4. The molecular weight excluding hydrogens is 450 g/mol. The van der Waals surface area contributed by atoms with Gasteiger partial charge in [0.25, 0.3) is 10.0 Å². The molecule has 0 spiro atoms. The topological polar surface area (TPSA) is 103 Å². The van der Waals surface area contributed by atoms with E-state index in [-0.39, 0.29) is 10.7 Å². The molecule has 3 heterocycles. The maximum atomic E-state index is 12.7. The Bertz CT molecular complexity index is 1550. The molecule has 0 amide bonds. The molecule has 32 heavy (non-hydrogen) atoms. The molecule has 0 bridgehead atoms. The predicted octanol–water partition coefficient (Wildman–Crippen LogP) is 4.74. The monoisotopic (exact) mass is 465 g/mol. The number of nitrogens with one attached hydrogen (secondary N) is 1. The van der Waals surface area contributed by atoms with Crippen molar-refractivity contribution in [3.63, 3.8) is 0 Å². The van der Waals surface area contributed by atoms with Crippen LogP contribution in [0.1, 0.15) is 0 Å². The van der Waals surface area contributed by atoms with Gasteiger partial charge >= 0.3 is 0 Å². The van der Waals surface area contributed by atoms with Crippen LogP contribution in [0.4, 0.5) is 5.82 Å². The van der Waals surface area contributed by atoms with Crippen molar-refractivity contribution >= 4 is 38.2 Å². The number of sulfonamides is 1. The number of aryl methyl sites for hydroxylation is 1. The first-order chi connectivity index (χ1) is 15.4. The first kappa shape index (κ1) is 20.2.